The number of hydrogen-bond acceptors (Lipinski definition) is 8. The lowest BCUT2D eigenvalue weighted by molar-refractivity contribution is -0.307. The first-order valence-corrected chi connectivity index (χ1v) is 12.6. The molecule has 0 bridgehead atoms. The summed E-state index contributed by atoms with van der Waals surface area (Å²) in [4.78, 5) is 44.6. The molecule has 0 aromatic heterocycles. The lowest BCUT2D eigenvalue weighted by Gasteiger charge is -2.21. The van der Waals surface area contributed by atoms with Crippen molar-refractivity contribution in [1.82, 2.24) is 21.3 Å². The molecule has 0 aromatic rings. The van der Waals surface area contributed by atoms with E-state index in [1.165, 1.54) is 0 Å². The molecule has 2 atom stereocenters. The monoisotopic (exact) mass is 500 g/mol. The highest BCUT2D eigenvalue weighted by atomic mass is 16.4. The van der Waals surface area contributed by atoms with Gasteiger partial charge in [-0.15, -0.1) is 0 Å². The van der Waals surface area contributed by atoms with Crippen molar-refractivity contribution >= 4 is 23.8 Å². The first-order chi connectivity index (χ1) is 16.1. The van der Waals surface area contributed by atoms with Crippen LogP contribution in [-0.2, 0) is 19.2 Å². The van der Waals surface area contributed by atoms with Crippen LogP contribution in [0.4, 0.5) is 0 Å². The van der Waals surface area contributed by atoms with E-state index in [0.717, 1.165) is 19.3 Å². The number of rotatable bonds is 17. The number of amides is 2. The maximum Gasteiger partial charge on any atom is 0.237 e. The van der Waals surface area contributed by atoms with Crippen molar-refractivity contribution in [3.05, 3.63) is 0 Å². The van der Waals surface area contributed by atoms with Gasteiger partial charge in [0.2, 0.25) is 11.8 Å². The van der Waals surface area contributed by atoms with Crippen LogP contribution in [0.3, 0.4) is 0 Å². The summed E-state index contributed by atoms with van der Waals surface area (Å²) in [6.45, 7) is 16.9. The van der Waals surface area contributed by atoms with Gasteiger partial charge in [0.05, 0.1) is 12.1 Å². The first kappa shape index (κ1) is 35.0. The summed E-state index contributed by atoms with van der Waals surface area (Å²) in [5.74, 6) is -1.98. The SMILES string of the molecule is CC(C)CCCCNC(=O)C(CC(=O)[O-])NC(C)C.CC(C)CNC(=O)C(CC(=O)[O-])NC(C)C. The van der Waals surface area contributed by atoms with E-state index in [1.807, 2.05) is 41.5 Å². The minimum Gasteiger partial charge on any atom is -0.550 e. The normalized spacial score (nSPS) is 12.8. The maximum atomic E-state index is 11.8. The summed E-state index contributed by atoms with van der Waals surface area (Å²) in [5.41, 5.74) is 0. The van der Waals surface area contributed by atoms with Gasteiger partial charge in [-0.1, -0.05) is 68.2 Å². The molecular weight excluding hydrogens is 452 g/mol. The third kappa shape index (κ3) is 23.3. The summed E-state index contributed by atoms with van der Waals surface area (Å²) in [6, 6.07) is -1.33. The van der Waals surface area contributed by atoms with Gasteiger partial charge >= 0.3 is 0 Å². The van der Waals surface area contributed by atoms with Crippen LogP contribution in [0.25, 0.3) is 0 Å². The Morgan fingerprint density at radius 1 is 0.629 bits per heavy atom. The highest BCUT2D eigenvalue weighted by Crippen LogP contribution is 2.05. The zero-order valence-electron chi connectivity index (χ0n) is 22.9. The second-order valence-corrected chi connectivity index (χ2v) is 10.2. The Kier molecular flexibility index (Phi) is 20.0. The summed E-state index contributed by atoms with van der Waals surface area (Å²) < 4.78 is 0. The van der Waals surface area contributed by atoms with Gasteiger partial charge in [-0.05, 0) is 18.3 Å². The van der Waals surface area contributed by atoms with Crippen LogP contribution in [0.2, 0.25) is 0 Å². The second kappa shape index (κ2) is 20.0. The van der Waals surface area contributed by atoms with Gasteiger partial charge in [0.25, 0.3) is 0 Å². The number of carbonyl (C=O) groups is 4. The predicted molar refractivity (Wildman–Crippen MR) is 133 cm³/mol. The smallest absolute Gasteiger partial charge is 0.237 e. The number of carboxylic acid groups (broad SMARTS) is 2. The van der Waals surface area contributed by atoms with Gasteiger partial charge in [-0.2, -0.15) is 0 Å². The topological polar surface area (TPSA) is 163 Å². The Morgan fingerprint density at radius 2 is 1.06 bits per heavy atom. The number of carbonyl (C=O) groups excluding carboxylic acids is 4. The molecule has 0 fully saturated rings. The molecule has 0 spiro atoms. The van der Waals surface area contributed by atoms with Crippen molar-refractivity contribution in [2.45, 2.75) is 112 Å². The van der Waals surface area contributed by atoms with Crippen LogP contribution >= 0.6 is 0 Å². The van der Waals surface area contributed by atoms with Crippen molar-refractivity contribution in [2.24, 2.45) is 11.8 Å². The van der Waals surface area contributed by atoms with E-state index < -0.39 is 24.0 Å². The van der Waals surface area contributed by atoms with Gasteiger partial charge < -0.3 is 41.1 Å². The summed E-state index contributed by atoms with van der Waals surface area (Å²) >= 11 is 0. The van der Waals surface area contributed by atoms with Crippen molar-refractivity contribution in [3.63, 3.8) is 0 Å². The molecule has 0 aliphatic rings. The molecule has 0 aliphatic heterocycles. The molecule has 0 heterocycles. The molecule has 0 saturated heterocycles. The van der Waals surface area contributed by atoms with Crippen LogP contribution in [0.15, 0.2) is 0 Å². The highest BCUT2D eigenvalue weighted by Gasteiger charge is 2.19. The van der Waals surface area contributed by atoms with Crippen LogP contribution in [-0.4, -0.2) is 61.0 Å². The highest BCUT2D eigenvalue weighted by molar-refractivity contribution is 5.86. The fourth-order valence-electron chi connectivity index (χ4n) is 3.03. The van der Waals surface area contributed by atoms with Crippen molar-refractivity contribution in [2.75, 3.05) is 13.1 Å². The third-order valence-corrected chi connectivity index (χ3v) is 4.64. The van der Waals surface area contributed by atoms with Crippen LogP contribution in [0, 0.1) is 11.8 Å². The molecule has 0 aliphatic carbocycles. The fourth-order valence-corrected chi connectivity index (χ4v) is 3.03. The van der Waals surface area contributed by atoms with E-state index in [4.69, 9.17) is 0 Å². The molecule has 2 unspecified atom stereocenters. The zero-order valence-corrected chi connectivity index (χ0v) is 22.9. The van der Waals surface area contributed by atoms with Gasteiger partial charge in [-0.3, -0.25) is 9.59 Å². The quantitative estimate of drug-likeness (QED) is 0.198. The Hall–Kier alpha value is -2.20. The molecule has 0 radical (unpaired) electrons. The lowest BCUT2D eigenvalue weighted by Crippen LogP contribution is -2.50. The minimum absolute atomic E-state index is 0.0501. The number of carboxylic acids is 2. The summed E-state index contributed by atoms with van der Waals surface area (Å²) in [7, 11) is 0. The molecule has 10 nitrogen and oxygen atoms in total. The van der Waals surface area contributed by atoms with E-state index >= 15 is 0 Å². The standard InChI is InChI=1S/C14H28N2O3.C11H22N2O3/c1-10(2)7-5-6-8-15-14(19)12(9-13(17)18)16-11(3)4;1-7(2)6-12-11(16)9(5-10(14)15)13-8(3)4/h10-12,16H,5-9H2,1-4H3,(H,15,19)(H,17,18);7-9,13H,5-6H2,1-4H3,(H,12,16)(H,14,15)/p-2. The molecule has 0 rings (SSSR count). The number of unbranched alkanes of at least 4 members (excludes halogenated alkanes) is 1. The maximum absolute atomic E-state index is 11.8. The Balaban J connectivity index is 0. The largest absolute Gasteiger partial charge is 0.550 e. The number of aliphatic carboxylic acids is 2. The Bertz CT molecular complexity index is 623. The van der Waals surface area contributed by atoms with Gasteiger partial charge in [-0.25, -0.2) is 0 Å². The minimum atomic E-state index is -1.22. The van der Waals surface area contributed by atoms with E-state index in [-0.39, 0.29) is 36.7 Å². The average molecular weight is 501 g/mol. The van der Waals surface area contributed by atoms with E-state index in [1.54, 1.807) is 0 Å². The molecule has 206 valence electrons. The van der Waals surface area contributed by atoms with Crippen molar-refractivity contribution in [1.29, 1.82) is 0 Å². The van der Waals surface area contributed by atoms with Crippen molar-refractivity contribution < 1.29 is 29.4 Å². The lowest BCUT2D eigenvalue weighted by atomic mass is 10.1. The van der Waals surface area contributed by atoms with Crippen LogP contribution in [0.5, 0.6) is 0 Å². The molecule has 10 heteroatoms. The van der Waals surface area contributed by atoms with Gasteiger partial charge in [0.15, 0.2) is 0 Å². The fraction of sp³-hybridized carbons (Fsp3) is 0.840. The predicted octanol–water partition coefficient (Wildman–Crippen LogP) is -0.299. The van der Waals surface area contributed by atoms with Gasteiger partial charge in [0, 0.05) is 50.0 Å². The second-order valence-electron chi connectivity index (χ2n) is 10.2. The zero-order chi connectivity index (χ0) is 27.6. The molecular formula is C25H48N4O6-2. The summed E-state index contributed by atoms with van der Waals surface area (Å²) in [5, 5.41) is 32.4. The number of hydrogen-bond donors (Lipinski definition) is 4. The molecule has 4 N–H and O–H groups in total. The van der Waals surface area contributed by atoms with Crippen LogP contribution < -0.4 is 31.5 Å². The van der Waals surface area contributed by atoms with Crippen LogP contribution in [0.1, 0.15) is 87.5 Å². The van der Waals surface area contributed by atoms with E-state index in [2.05, 4.69) is 35.1 Å². The molecule has 0 aromatic carbocycles. The Labute approximate surface area is 211 Å². The van der Waals surface area contributed by atoms with Gasteiger partial charge in [0.1, 0.15) is 0 Å². The number of nitrogens with one attached hydrogen (secondary N) is 4. The first-order valence-electron chi connectivity index (χ1n) is 12.6. The Morgan fingerprint density at radius 3 is 1.40 bits per heavy atom. The van der Waals surface area contributed by atoms with Crippen molar-refractivity contribution in [3.8, 4) is 0 Å². The third-order valence-electron chi connectivity index (χ3n) is 4.64. The van der Waals surface area contributed by atoms with E-state index in [9.17, 15) is 29.4 Å². The molecule has 0 saturated carbocycles. The average Bonchev–Trinajstić information content (AvgIpc) is 2.69. The molecule has 35 heavy (non-hydrogen) atoms. The molecule has 2 amide bonds. The van der Waals surface area contributed by atoms with E-state index in [0.29, 0.717) is 24.9 Å². The summed E-state index contributed by atoms with van der Waals surface area (Å²) in [6.07, 6.45) is 2.53.